The standard InChI is InChI=1S/C13H13NO2/c1-2-3-6-9-14-12(15)10-7-4-5-8-11(10)13(14)16/h2-5,7-8H,6,9H2,1H3/b3-2-. The number of imide groups is 1. The van der Waals surface area contributed by atoms with Crippen LogP contribution in [0.5, 0.6) is 0 Å². The second-order valence-corrected chi connectivity index (χ2v) is 3.67. The normalized spacial score (nSPS) is 14.9. The van der Waals surface area contributed by atoms with Crippen molar-refractivity contribution in [1.82, 2.24) is 4.90 Å². The van der Waals surface area contributed by atoms with E-state index in [0.29, 0.717) is 24.1 Å². The molecule has 1 aromatic rings. The van der Waals surface area contributed by atoms with E-state index in [1.165, 1.54) is 4.90 Å². The number of benzene rings is 1. The van der Waals surface area contributed by atoms with E-state index >= 15 is 0 Å². The van der Waals surface area contributed by atoms with Crippen molar-refractivity contribution >= 4 is 11.8 Å². The third kappa shape index (κ3) is 1.65. The highest BCUT2D eigenvalue weighted by Gasteiger charge is 2.34. The van der Waals surface area contributed by atoms with Crippen molar-refractivity contribution in [2.45, 2.75) is 13.3 Å². The van der Waals surface area contributed by atoms with Crippen molar-refractivity contribution < 1.29 is 9.59 Å². The number of hydrogen-bond acceptors (Lipinski definition) is 2. The Balaban J connectivity index is 2.21. The van der Waals surface area contributed by atoms with Crippen LogP contribution in [-0.2, 0) is 0 Å². The van der Waals surface area contributed by atoms with Gasteiger partial charge in [-0.3, -0.25) is 14.5 Å². The van der Waals surface area contributed by atoms with E-state index in [4.69, 9.17) is 0 Å². The molecule has 0 spiro atoms. The minimum absolute atomic E-state index is 0.176. The predicted octanol–water partition coefficient (Wildman–Crippen LogP) is 2.25. The van der Waals surface area contributed by atoms with Gasteiger partial charge in [0.25, 0.3) is 11.8 Å². The summed E-state index contributed by atoms with van der Waals surface area (Å²) < 4.78 is 0. The molecule has 16 heavy (non-hydrogen) atoms. The van der Waals surface area contributed by atoms with Crippen LogP contribution in [-0.4, -0.2) is 23.3 Å². The Morgan fingerprint density at radius 2 is 1.69 bits per heavy atom. The molecule has 0 atom stereocenters. The zero-order valence-corrected chi connectivity index (χ0v) is 9.14. The molecular weight excluding hydrogens is 202 g/mol. The maximum atomic E-state index is 11.9. The van der Waals surface area contributed by atoms with Crippen LogP contribution in [0.3, 0.4) is 0 Å². The van der Waals surface area contributed by atoms with Crippen LogP contribution in [0.4, 0.5) is 0 Å². The van der Waals surface area contributed by atoms with Crippen molar-refractivity contribution in [3.05, 3.63) is 47.5 Å². The number of nitrogens with zero attached hydrogens (tertiary/aromatic N) is 1. The van der Waals surface area contributed by atoms with Crippen LogP contribution in [0, 0.1) is 0 Å². The van der Waals surface area contributed by atoms with E-state index in [0.717, 1.165) is 0 Å². The molecule has 2 amide bonds. The molecule has 0 aliphatic carbocycles. The van der Waals surface area contributed by atoms with E-state index < -0.39 is 0 Å². The number of carbonyl (C=O) groups is 2. The summed E-state index contributed by atoms with van der Waals surface area (Å²) in [6, 6.07) is 6.95. The predicted molar refractivity (Wildman–Crippen MR) is 61.2 cm³/mol. The van der Waals surface area contributed by atoms with E-state index in [2.05, 4.69) is 0 Å². The quantitative estimate of drug-likeness (QED) is 0.573. The zero-order chi connectivity index (χ0) is 11.5. The van der Waals surface area contributed by atoms with Gasteiger partial charge in [-0.05, 0) is 25.5 Å². The van der Waals surface area contributed by atoms with Crippen LogP contribution in [0.1, 0.15) is 34.1 Å². The monoisotopic (exact) mass is 215 g/mol. The maximum Gasteiger partial charge on any atom is 0.261 e. The molecule has 3 nitrogen and oxygen atoms in total. The minimum Gasteiger partial charge on any atom is -0.274 e. The van der Waals surface area contributed by atoms with Gasteiger partial charge in [0.05, 0.1) is 11.1 Å². The van der Waals surface area contributed by atoms with Crippen LogP contribution < -0.4 is 0 Å². The highest BCUT2D eigenvalue weighted by Crippen LogP contribution is 2.22. The van der Waals surface area contributed by atoms with E-state index in [-0.39, 0.29) is 11.8 Å². The van der Waals surface area contributed by atoms with Gasteiger partial charge < -0.3 is 0 Å². The highest BCUT2D eigenvalue weighted by atomic mass is 16.2. The molecule has 0 aromatic heterocycles. The number of amides is 2. The van der Waals surface area contributed by atoms with E-state index in [9.17, 15) is 9.59 Å². The van der Waals surface area contributed by atoms with Crippen LogP contribution >= 0.6 is 0 Å². The molecule has 1 heterocycles. The summed E-state index contributed by atoms with van der Waals surface area (Å²) in [7, 11) is 0. The molecule has 0 N–H and O–H groups in total. The summed E-state index contributed by atoms with van der Waals surface area (Å²) in [5.74, 6) is -0.352. The lowest BCUT2D eigenvalue weighted by Crippen LogP contribution is -2.30. The van der Waals surface area contributed by atoms with Crippen molar-refractivity contribution in [3.8, 4) is 0 Å². The van der Waals surface area contributed by atoms with Gasteiger partial charge in [-0.1, -0.05) is 24.3 Å². The smallest absolute Gasteiger partial charge is 0.261 e. The topological polar surface area (TPSA) is 37.4 Å². The number of fused-ring (bicyclic) bond motifs is 1. The first-order chi connectivity index (χ1) is 7.75. The summed E-state index contributed by atoms with van der Waals surface area (Å²) in [4.78, 5) is 25.1. The molecule has 0 saturated heterocycles. The second-order valence-electron chi connectivity index (χ2n) is 3.67. The van der Waals surface area contributed by atoms with Gasteiger partial charge >= 0.3 is 0 Å². The molecule has 0 bridgehead atoms. The Morgan fingerprint density at radius 1 is 1.12 bits per heavy atom. The molecule has 0 radical (unpaired) electrons. The zero-order valence-electron chi connectivity index (χ0n) is 9.14. The second kappa shape index (κ2) is 4.31. The summed E-state index contributed by atoms with van der Waals surface area (Å²) in [6.45, 7) is 2.37. The molecule has 3 heteroatoms. The fourth-order valence-electron chi connectivity index (χ4n) is 1.81. The fraction of sp³-hybridized carbons (Fsp3) is 0.231. The molecule has 1 aliphatic heterocycles. The Kier molecular flexibility index (Phi) is 2.86. The minimum atomic E-state index is -0.176. The Labute approximate surface area is 94.4 Å². The van der Waals surface area contributed by atoms with Crippen molar-refractivity contribution in [2.75, 3.05) is 6.54 Å². The Morgan fingerprint density at radius 3 is 2.19 bits per heavy atom. The van der Waals surface area contributed by atoms with Gasteiger partial charge in [0, 0.05) is 6.54 Å². The fourth-order valence-corrected chi connectivity index (χ4v) is 1.81. The Bertz CT molecular complexity index is 428. The van der Waals surface area contributed by atoms with Crippen molar-refractivity contribution in [1.29, 1.82) is 0 Å². The Hall–Kier alpha value is -1.90. The largest absolute Gasteiger partial charge is 0.274 e. The lowest BCUT2D eigenvalue weighted by atomic mass is 10.1. The number of hydrogen-bond donors (Lipinski definition) is 0. The SMILES string of the molecule is C/C=C\CCN1C(=O)c2ccccc2C1=O. The molecule has 1 aromatic carbocycles. The van der Waals surface area contributed by atoms with Gasteiger partial charge in [0.1, 0.15) is 0 Å². The summed E-state index contributed by atoms with van der Waals surface area (Å²) >= 11 is 0. The van der Waals surface area contributed by atoms with Crippen molar-refractivity contribution in [3.63, 3.8) is 0 Å². The first-order valence-electron chi connectivity index (χ1n) is 5.32. The lowest BCUT2D eigenvalue weighted by molar-refractivity contribution is 0.0657. The molecule has 0 fully saturated rings. The number of allylic oxidation sites excluding steroid dienone is 1. The molecule has 0 saturated carbocycles. The van der Waals surface area contributed by atoms with Gasteiger partial charge in [0.15, 0.2) is 0 Å². The number of rotatable bonds is 3. The first kappa shape index (κ1) is 10.6. The van der Waals surface area contributed by atoms with Gasteiger partial charge in [-0.25, -0.2) is 0 Å². The molecule has 1 aliphatic rings. The van der Waals surface area contributed by atoms with Crippen LogP contribution in [0.2, 0.25) is 0 Å². The number of carbonyl (C=O) groups excluding carboxylic acids is 2. The molecule has 2 rings (SSSR count). The molecular formula is C13H13NO2. The summed E-state index contributed by atoms with van der Waals surface area (Å²) in [6.07, 6.45) is 4.57. The van der Waals surface area contributed by atoms with Gasteiger partial charge in [-0.2, -0.15) is 0 Å². The molecule has 82 valence electrons. The first-order valence-corrected chi connectivity index (χ1v) is 5.32. The summed E-state index contributed by atoms with van der Waals surface area (Å²) in [5.41, 5.74) is 1.04. The highest BCUT2D eigenvalue weighted by molar-refractivity contribution is 6.21. The van der Waals surface area contributed by atoms with Crippen molar-refractivity contribution in [2.24, 2.45) is 0 Å². The van der Waals surface area contributed by atoms with Crippen LogP contribution in [0.25, 0.3) is 0 Å². The third-order valence-corrected chi connectivity index (χ3v) is 2.63. The third-order valence-electron chi connectivity index (χ3n) is 2.63. The summed E-state index contributed by atoms with van der Waals surface area (Å²) in [5, 5.41) is 0. The molecule has 0 unspecified atom stereocenters. The van der Waals surface area contributed by atoms with Crippen LogP contribution in [0.15, 0.2) is 36.4 Å². The maximum absolute atomic E-state index is 11.9. The van der Waals surface area contributed by atoms with Gasteiger partial charge in [-0.15, -0.1) is 0 Å². The average molecular weight is 215 g/mol. The van der Waals surface area contributed by atoms with E-state index in [1.807, 2.05) is 19.1 Å². The van der Waals surface area contributed by atoms with E-state index in [1.54, 1.807) is 24.3 Å². The van der Waals surface area contributed by atoms with Gasteiger partial charge in [0.2, 0.25) is 0 Å². The lowest BCUT2D eigenvalue weighted by Gasteiger charge is -2.11. The average Bonchev–Trinajstić information content (AvgIpc) is 2.55.